The Morgan fingerprint density at radius 1 is 1.11 bits per heavy atom. The molecule has 2 amide bonds. The molecule has 1 fully saturated rings. The van der Waals surface area contributed by atoms with Gasteiger partial charge in [-0.1, -0.05) is 30.3 Å². The predicted octanol–water partition coefficient (Wildman–Crippen LogP) is 1.41. The Hall–Kier alpha value is -3.48. The Kier molecular flexibility index (Phi) is 5.54. The first-order valence-corrected chi connectivity index (χ1v) is 8.75. The van der Waals surface area contributed by atoms with Gasteiger partial charge >= 0.3 is 5.97 Å². The average molecular weight is 380 g/mol. The summed E-state index contributed by atoms with van der Waals surface area (Å²) in [5, 5.41) is 2.72. The van der Waals surface area contributed by atoms with E-state index in [0.717, 1.165) is 16.7 Å². The van der Waals surface area contributed by atoms with Crippen LogP contribution < -0.4 is 5.32 Å². The Morgan fingerprint density at radius 2 is 1.79 bits per heavy atom. The summed E-state index contributed by atoms with van der Waals surface area (Å²) in [7, 11) is 2.83. The molecule has 0 spiro atoms. The topological polar surface area (TPSA) is 92.8 Å². The van der Waals surface area contributed by atoms with Crippen LogP contribution in [0.15, 0.2) is 48.5 Å². The van der Waals surface area contributed by atoms with E-state index in [-0.39, 0.29) is 13.1 Å². The van der Waals surface area contributed by atoms with Crippen molar-refractivity contribution in [2.45, 2.75) is 6.54 Å². The molecule has 7 nitrogen and oxygen atoms in total. The first-order chi connectivity index (χ1) is 13.4. The summed E-state index contributed by atoms with van der Waals surface area (Å²) < 4.78 is 4.75. The zero-order valence-corrected chi connectivity index (χ0v) is 15.6. The Morgan fingerprint density at radius 3 is 2.43 bits per heavy atom. The van der Waals surface area contributed by atoms with Crippen LogP contribution in [0.25, 0.3) is 11.1 Å². The number of benzene rings is 2. The van der Waals surface area contributed by atoms with Crippen molar-refractivity contribution in [1.29, 1.82) is 0 Å². The number of hydrogen-bond acceptors (Lipinski definition) is 5. The summed E-state index contributed by atoms with van der Waals surface area (Å²) in [6.07, 6.45) is 0. The zero-order chi connectivity index (χ0) is 20.3. The van der Waals surface area contributed by atoms with E-state index in [1.54, 1.807) is 18.2 Å². The second-order valence-electron chi connectivity index (χ2n) is 6.59. The van der Waals surface area contributed by atoms with E-state index in [2.05, 4.69) is 5.32 Å². The molecule has 1 saturated heterocycles. The maximum absolute atomic E-state index is 12.3. The summed E-state index contributed by atoms with van der Waals surface area (Å²) >= 11 is 0. The highest BCUT2D eigenvalue weighted by molar-refractivity contribution is 6.42. The second kappa shape index (κ2) is 8.04. The van der Waals surface area contributed by atoms with Gasteiger partial charge < -0.3 is 15.0 Å². The van der Waals surface area contributed by atoms with E-state index in [9.17, 15) is 19.2 Å². The highest BCUT2D eigenvalue weighted by Crippen LogP contribution is 2.22. The molecule has 0 aliphatic carbocycles. The lowest BCUT2D eigenvalue weighted by molar-refractivity contribution is -0.142. The summed E-state index contributed by atoms with van der Waals surface area (Å²) in [5.74, 6) is -3.13. The summed E-state index contributed by atoms with van der Waals surface area (Å²) in [6, 6.07) is 14.6. The highest BCUT2D eigenvalue weighted by atomic mass is 16.5. The van der Waals surface area contributed by atoms with Crippen LogP contribution in [0.4, 0.5) is 0 Å². The van der Waals surface area contributed by atoms with Gasteiger partial charge in [0.2, 0.25) is 11.7 Å². The van der Waals surface area contributed by atoms with Gasteiger partial charge in [-0.25, -0.2) is 4.79 Å². The van der Waals surface area contributed by atoms with Gasteiger partial charge in [0.05, 0.1) is 12.7 Å². The minimum atomic E-state index is -0.961. The van der Waals surface area contributed by atoms with Gasteiger partial charge in [0.15, 0.2) is 0 Å². The number of nitrogens with one attached hydrogen (secondary N) is 1. The van der Waals surface area contributed by atoms with Gasteiger partial charge in [-0.3, -0.25) is 14.4 Å². The number of likely N-dealkylation sites (N-methyl/N-ethyl adjacent to an activating group) is 1. The molecule has 1 aliphatic rings. The Labute approximate surface area is 162 Å². The van der Waals surface area contributed by atoms with Crippen LogP contribution in [-0.4, -0.2) is 49.2 Å². The lowest BCUT2D eigenvalue weighted by Crippen LogP contribution is -2.35. The number of amides is 2. The van der Waals surface area contributed by atoms with Gasteiger partial charge in [-0.2, -0.15) is 0 Å². The lowest BCUT2D eigenvalue weighted by atomic mass is 10.0. The number of likely N-dealkylation sites (tertiary alicyclic amines) is 1. The molecule has 2 aromatic carbocycles. The molecule has 0 saturated carbocycles. The number of Topliss-reactive ketones (excluding diaryl/α,β-unsaturated/α-hetero) is 1. The first-order valence-electron chi connectivity index (χ1n) is 8.75. The van der Waals surface area contributed by atoms with E-state index >= 15 is 0 Å². The molecule has 0 aromatic heterocycles. The Bertz CT molecular complexity index is 953. The van der Waals surface area contributed by atoms with Crippen LogP contribution in [0.5, 0.6) is 0 Å². The van der Waals surface area contributed by atoms with E-state index in [1.165, 1.54) is 19.1 Å². The molecule has 144 valence electrons. The fourth-order valence-corrected chi connectivity index (χ4v) is 3.10. The number of esters is 1. The normalized spacial score (nSPS) is 16.2. The molecule has 1 atom stereocenters. The fraction of sp³-hybridized carbons (Fsp3) is 0.238. The molecule has 7 heteroatoms. The third-order valence-electron chi connectivity index (χ3n) is 4.66. The third-order valence-corrected chi connectivity index (χ3v) is 4.66. The van der Waals surface area contributed by atoms with Gasteiger partial charge in [0.25, 0.3) is 5.91 Å². The molecular formula is C21H20N2O5. The second-order valence-corrected chi connectivity index (χ2v) is 6.59. The van der Waals surface area contributed by atoms with Gasteiger partial charge in [-0.15, -0.1) is 0 Å². The van der Waals surface area contributed by atoms with E-state index in [0.29, 0.717) is 5.56 Å². The average Bonchev–Trinajstić information content (AvgIpc) is 2.99. The van der Waals surface area contributed by atoms with Crippen molar-refractivity contribution >= 4 is 23.6 Å². The summed E-state index contributed by atoms with van der Waals surface area (Å²) in [4.78, 5) is 48.6. The number of hydrogen-bond donors (Lipinski definition) is 1. The van der Waals surface area contributed by atoms with Crippen molar-refractivity contribution in [3.05, 3.63) is 59.7 Å². The largest absolute Gasteiger partial charge is 0.465 e. The number of ketones is 1. The quantitative estimate of drug-likeness (QED) is 0.481. The van der Waals surface area contributed by atoms with Crippen molar-refractivity contribution in [3.63, 3.8) is 0 Å². The summed E-state index contributed by atoms with van der Waals surface area (Å²) in [5.41, 5.74) is 3.00. The van der Waals surface area contributed by atoms with Crippen LogP contribution in [0.3, 0.4) is 0 Å². The Balaban J connectivity index is 1.71. The smallest absolute Gasteiger partial charge is 0.337 e. The van der Waals surface area contributed by atoms with Crippen molar-refractivity contribution in [2.75, 3.05) is 20.7 Å². The maximum atomic E-state index is 12.3. The highest BCUT2D eigenvalue weighted by Gasteiger charge is 2.41. The van der Waals surface area contributed by atoms with E-state index in [4.69, 9.17) is 4.74 Å². The van der Waals surface area contributed by atoms with Crippen LogP contribution in [-0.2, 0) is 25.7 Å². The van der Waals surface area contributed by atoms with E-state index in [1.807, 2.05) is 30.3 Å². The third kappa shape index (κ3) is 3.93. The van der Waals surface area contributed by atoms with Gasteiger partial charge in [0.1, 0.15) is 5.92 Å². The van der Waals surface area contributed by atoms with Crippen molar-refractivity contribution in [3.8, 4) is 11.1 Å². The molecule has 2 aromatic rings. The fourth-order valence-electron chi connectivity index (χ4n) is 3.10. The number of ether oxygens (including phenoxy) is 1. The monoisotopic (exact) mass is 380 g/mol. The van der Waals surface area contributed by atoms with Crippen molar-refractivity contribution < 1.29 is 23.9 Å². The van der Waals surface area contributed by atoms with Crippen molar-refractivity contribution in [2.24, 2.45) is 5.92 Å². The number of carbonyl (C=O) groups excluding carboxylic acids is 4. The summed E-state index contributed by atoms with van der Waals surface area (Å²) in [6.45, 7) is 0.328. The maximum Gasteiger partial charge on any atom is 0.337 e. The molecule has 1 unspecified atom stereocenters. The molecule has 3 rings (SSSR count). The van der Waals surface area contributed by atoms with Gasteiger partial charge in [-0.05, 0) is 34.9 Å². The minimum Gasteiger partial charge on any atom is -0.465 e. The van der Waals surface area contributed by atoms with Crippen LogP contribution in [0.1, 0.15) is 15.9 Å². The predicted molar refractivity (Wildman–Crippen MR) is 101 cm³/mol. The number of rotatable bonds is 5. The van der Waals surface area contributed by atoms with Gasteiger partial charge in [0, 0.05) is 20.1 Å². The lowest BCUT2D eigenvalue weighted by Gasteiger charge is -2.11. The van der Waals surface area contributed by atoms with Crippen LogP contribution in [0, 0.1) is 5.92 Å². The number of methoxy groups -OCH3 is 1. The molecule has 1 N–H and O–H groups in total. The number of carbonyl (C=O) groups is 4. The number of nitrogens with zero attached hydrogens (tertiary/aromatic N) is 1. The molecule has 1 heterocycles. The minimum absolute atomic E-state index is 0.101. The molecule has 0 radical (unpaired) electrons. The standard InChI is InChI=1S/C21H20N2O5/c1-23-12-17(18(24)20(23)26)19(25)22-11-13-5-3-6-14(9-13)15-7-4-8-16(10-15)21(27)28-2/h3-10,17H,11-12H2,1-2H3,(H,22,25). The molecule has 1 aliphatic heterocycles. The molecule has 0 bridgehead atoms. The molecule has 28 heavy (non-hydrogen) atoms. The van der Waals surface area contributed by atoms with Crippen LogP contribution in [0.2, 0.25) is 0 Å². The van der Waals surface area contributed by atoms with E-state index < -0.39 is 29.5 Å². The van der Waals surface area contributed by atoms with Crippen LogP contribution >= 0.6 is 0 Å². The molecular weight excluding hydrogens is 360 g/mol. The first kappa shape index (κ1) is 19.3. The zero-order valence-electron chi connectivity index (χ0n) is 15.6. The van der Waals surface area contributed by atoms with Crippen molar-refractivity contribution in [1.82, 2.24) is 10.2 Å². The SMILES string of the molecule is COC(=O)c1cccc(-c2cccc(CNC(=O)C3CN(C)C(=O)C3=O)c2)c1.